The molecule has 5 nitrogen and oxygen atoms in total. The molecule has 1 heterocycles. The number of para-hydroxylation sites is 2. The molecule has 130 valence electrons. The maximum atomic E-state index is 12.8. The number of nitrogens with one attached hydrogen (secondary N) is 1. The van der Waals surface area contributed by atoms with Crippen LogP contribution < -0.4 is 9.62 Å². The van der Waals surface area contributed by atoms with E-state index in [1.54, 1.807) is 35.2 Å². The predicted octanol–water partition coefficient (Wildman–Crippen LogP) is 3.10. The highest BCUT2D eigenvalue weighted by atomic mass is 32.2. The Morgan fingerprint density at radius 3 is 2.52 bits per heavy atom. The number of nitrogens with zero attached hydrogens (tertiary/aromatic N) is 1. The molecule has 6 heteroatoms. The molecule has 2 aliphatic rings. The minimum atomic E-state index is -3.69. The lowest BCUT2D eigenvalue weighted by molar-refractivity contribution is -0.117. The first kappa shape index (κ1) is 16.1. The maximum absolute atomic E-state index is 12.8. The number of fused-ring (bicyclic) bond motifs is 1. The number of carbonyl (C=O) groups excluding carboxylic acids is 1. The van der Waals surface area contributed by atoms with Crippen LogP contribution >= 0.6 is 0 Å². The Labute approximate surface area is 147 Å². The van der Waals surface area contributed by atoms with Crippen molar-refractivity contribution in [3.05, 3.63) is 53.6 Å². The monoisotopic (exact) mass is 356 g/mol. The van der Waals surface area contributed by atoms with Crippen LogP contribution in [-0.2, 0) is 27.7 Å². The van der Waals surface area contributed by atoms with E-state index < -0.39 is 10.0 Å². The predicted molar refractivity (Wildman–Crippen MR) is 97.3 cm³/mol. The number of rotatable bonds is 4. The highest BCUT2D eigenvalue weighted by molar-refractivity contribution is 7.92. The fourth-order valence-electron chi connectivity index (χ4n) is 3.62. The third-order valence-corrected chi connectivity index (χ3v) is 6.26. The average Bonchev–Trinajstić information content (AvgIpc) is 3.23. The minimum Gasteiger partial charge on any atom is -0.310 e. The van der Waals surface area contributed by atoms with Crippen LogP contribution in [0.1, 0.15) is 30.4 Å². The van der Waals surface area contributed by atoms with Crippen LogP contribution in [0.3, 0.4) is 0 Å². The van der Waals surface area contributed by atoms with Crippen LogP contribution in [0.4, 0.5) is 11.4 Å². The SMILES string of the molecule is O=C1CCCN1c1ccccc1NS(=O)(=O)c1ccc2c(c1)CCC2. The highest BCUT2D eigenvalue weighted by Gasteiger charge is 2.26. The Hall–Kier alpha value is -2.34. The van der Waals surface area contributed by atoms with Crippen LogP contribution in [0, 0.1) is 0 Å². The lowest BCUT2D eigenvalue weighted by Gasteiger charge is -2.20. The summed E-state index contributed by atoms with van der Waals surface area (Å²) in [7, 11) is -3.69. The summed E-state index contributed by atoms with van der Waals surface area (Å²) in [4.78, 5) is 14.0. The van der Waals surface area contributed by atoms with Crippen molar-refractivity contribution in [2.75, 3.05) is 16.2 Å². The fraction of sp³-hybridized carbons (Fsp3) is 0.316. The van der Waals surface area contributed by atoms with Crippen molar-refractivity contribution in [1.82, 2.24) is 0 Å². The maximum Gasteiger partial charge on any atom is 0.261 e. The number of aryl methyl sites for hydroxylation is 2. The molecule has 0 spiro atoms. The molecule has 1 N–H and O–H groups in total. The third kappa shape index (κ3) is 3.02. The van der Waals surface area contributed by atoms with Crippen molar-refractivity contribution in [3.8, 4) is 0 Å². The van der Waals surface area contributed by atoms with E-state index in [-0.39, 0.29) is 10.8 Å². The van der Waals surface area contributed by atoms with E-state index in [1.807, 2.05) is 12.1 Å². The molecule has 1 amide bonds. The Bertz CT molecular complexity index is 937. The van der Waals surface area contributed by atoms with Crippen LogP contribution in [0.5, 0.6) is 0 Å². The number of hydrogen-bond donors (Lipinski definition) is 1. The first-order valence-corrected chi connectivity index (χ1v) is 10.1. The number of sulfonamides is 1. The van der Waals surface area contributed by atoms with Gasteiger partial charge in [0.25, 0.3) is 10.0 Å². The van der Waals surface area contributed by atoms with Gasteiger partial charge in [-0.15, -0.1) is 0 Å². The molecule has 0 aromatic heterocycles. The van der Waals surface area contributed by atoms with Crippen LogP contribution in [0.25, 0.3) is 0 Å². The summed E-state index contributed by atoms with van der Waals surface area (Å²) < 4.78 is 28.3. The number of anilines is 2. The Morgan fingerprint density at radius 2 is 1.72 bits per heavy atom. The third-order valence-electron chi connectivity index (χ3n) is 4.89. The molecule has 2 aromatic carbocycles. The highest BCUT2D eigenvalue weighted by Crippen LogP contribution is 2.32. The lowest BCUT2D eigenvalue weighted by atomic mass is 10.1. The number of hydrogen-bond acceptors (Lipinski definition) is 3. The summed E-state index contributed by atoms with van der Waals surface area (Å²) in [5, 5.41) is 0. The summed E-state index contributed by atoms with van der Waals surface area (Å²) in [5.74, 6) is 0.0316. The number of carbonyl (C=O) groups is 1. The summed E-state index contributed by atoms with van der Waals surface area (Å²) in [5.41, 5.74) is 3.42. The second-order valence-corrected chi connectivity index (χ2v) is 8.24. The Balaban J connectivity index is 1.67. The van der Waals surface area contributed by atoms with E-state index >= 15 is 0 Å². The molecule has 1 fully saturated rings. The molecule has 4 rings (SSSR count). The van der Waals surface area contributed by atoms with Gasteiger partial charge in [-0.1, -0.05) is 18.2 Å². The van der Waals surface area contributed by atoms with Gasteiger partial charge in [-0.2, -0.15) is 0 Å². The van der Waals surface area contributed by atoms with Crippen molar-refractivity contribution in [3.63, 3.8) is 0 Å². The number of amides is 1. The van der Waals surface area contributed by atoms with Crippen molar-refractivity contribution < 1.29 is 13.2 Å². The van der Waals surface area contributed by atoms with Crippen LogP contribution in [-0.4, -0.2) is 20.9 Å². The standard InChI is InChI=1S/C19H20N2O3S/c22-19-9-4-12-21(19)18-8-2-1-7-17(18)20-25(23,24)16-11-10-14-5-3-6-15(14)13-16/h1-2,7-8,10-11,13,20H,3-6,9,12H2. The fourth-order valence-corrected chi connectivity index (χ4v) is 4.74. The molecule has 1 aliphatic heterocycles. The van der Waals surface area contributed by atoms with Gasteiger partial charge in [-0.3, -0.25) is 9.52 Å². The first-order valence-electron chi connectivity index (χ1n) is 8.59. The van der Waals surface area contributed by atoms with Crippen LogP contribution in [0.2, 0.25) is 0 Å². The van der Waals surface area contributed by atoms with Crippen molar-refractivity contribution in [1.29, 1.82) is 0 Å². The molecule has 1 aliphatic carbocycles. The van der Waals surface area contributed by atoms with Gasteiger partial charge in [0, 0.05) is 13.0 Å². The quantitative estimate of drug-likeness (QED) is 0.915. The average molecular weight is 356 g/mol. The molecule has 0 unspecified atom stereocenters. The van der Waals surface area contributed by atoms with Gasteiger partial charge in [0.1, 0.15) is 0 Å². The summed E-state index contributed by atoms with van der Waals surface area (Å²) in [6, 6.07) is 12.4. The molecule has 1 saturated heterocycles. The van der Waals surface area contributed by atoms with E-state index in [0.29, 0.717) is 24.3 Å². The van der Waals surface area contributed by atoms with Crippen molar-refractivity contribution in [2.24, 2.45) is 0 Å². The lowest BCUT2D eigenvalue weighted by Crippen LogP contribution is -2.25. The molecule has 25 heavy (non-hydrogen) atoms. The van der Waals surface area contributed by atoms with Gasteiger partial charge in [0.2, 0.25) is 5.91 Å². The van der Waals surface area contributed by atoms with E-state index in [9.17, 15) is 13.2 Å². The minimum absolute atomic E-state index is 0.0316. The summed E-state index contributed by atoms with van der Waals surface area (Å²) in [6.07, 6.45) is 4.32. The van der Waals surface area contributed by atoms with Gasteiger partial charge in [0.15, 0.2) is 0 Å². The van der Waals surface area contributed by atoms with Crippen molar-refractivity contribution in [2.45, 2.75) is 37.0 Å². The summed E-state index contributed by atoms with van der Waals surface area (Å²) >= 11 is 0. The van der Waals surface area contributed by atoms with E-state index in [1.165, 1.54) is 5.56 Å². The molecular weight excluding hydrogens is 336 g/mol. The van der Waals surface area contributed by atoms with E-state index in [2.05, 4.69) is 4.72 Å². The van der Waals surface area contributed by atoms with Gasteiger partial charge in [0.05, 0.1) is 16.3 Å². The zero-order valence-corrected chi connectivity index (χ0v) is 14.7. The smallest absolute Gasteiger partial charge is 0.261 e. The van der Waals surface area contributed by atoms with Gasteiger partial charge in [-0.25, -0.2) is 8.42 Å². The van der Waals surface area contributed by atoms with Crippen LogP contribution in [0.15, 0.2) is 47.4 Å². The van der Waals surface area contributed by atoms with Gasteiger partial charge < -0.3 is 4.90 Å². The molecular formula is C19H20N2O3S. The van der Waals surface area contributed by atoms with Gasteiger partial charge in [-0.05, 0) is 61.1 Å². The first-order chi connectivity index (χ1) is 12.0. The number of benzene rings is 2. The second-order valence-electron chi connectivity index (χ2n) is 6.56. The zero-order valence-electron chi connectivity index (χ0n) is 13.9. The molecule has 0 bridgehead atoms. The Kier molecular flexibility index (Phi) is 4.00. The largest absolute Gasteiger partial charge is 0.310 e. The second kappa shape index (κ2) is 6.19. The summed E-state index contributed by atoms with van der Waals surface area (Å²) in [6.45, 7) is 0.621. The normalized spacial score (nSPS) is 17.0. The molecule has 0 atom stereocenters. The molecule has 0 saturated carbocycles. The van der Waals surface area contributed by atoms with Crippen molar-refractivity contribution >= 4 is 27.3 Å². The molecule has 0 radical (unpaired) electrons. The van der Waals surface area contributed by atoms with Gasteiger partial charge >= 0.3 is 0 Å². The zero-order chi connectivity index (χ0) is 17.4. The van der Waals surface area contributed by atoms with E-state index in [0.717, 1.165) is 31.2 Å². The topological polar surface area (TPSA) is 66.5 Å². The Morgan fingerprint density at radius 1 is 0.920 bits per heavy atom. The molecule has 2 aromatic rings. The van der Waals surface area contributed by atoms with E-state index in [4.69, 9.17) is 0 Å².